The highest BCUT2D eigenvalue weighted by Crippen LogP contribution is 2.24. The Morgan fingerprint density at radius 2 is 1.85 bits per heavy atom. The van der Waals surface area contributed by atoms with Crippen LogP contribution in [0.4, 0.5) is 0 Å². The van der Waals surface area contributed by atoms with E-state index in [2.05, 4.69) is 15.2 Å². The molecule has 0 saturated carbocycles. The van der Waals surface area contributed by atoms with Crippen LogP contribution in [0.25, 0.3) is 22.4 Å². The van der Waals surface area contributed by atoms with Crippen LogP contribution in [0.3, 0.4) is 0 Å². The molecule has 0 aliphatic rings. The van der Waals surface area contributed by atoms with Crippen molar-refractivity contribution in [2.24, 2.45) is 0 Å². The van der Waals surface area contributed by atoms with Gasteiger partial charge in [-0.25, -0.2) is 0 Å². The first-order valence-corrected chi connectivity index (χ1v) is 9.45. The highest BCUT2D eigenvalue weighted by molar-refractivity contribution is 7.16. The van der Waals surface area contributed by atoms with E-state index >= 15 is 0 Å². The molecule has 0 fully saturated rings. The first-order chi connectivity index (χ1) is 12.7. The summed E-state index contributed by atoms with van der Waals surface area (Å²) in [5.74, 6) is 0. The number of H-pyrrole nitrogens is 2. The third-order valence-corrected chi connectivity index (χ3v) is 5.48. The molecule has 0 aliphatic carbocycles. The summed E-state index contributed by atoms with van der Waals surface area (Å²) >= 11 is 7.56. The molecule has 1 aromatic carbocycles. The van der Waals surface area contributed by atoms with Gasteiger partial charge in [-0.3, -0.25) is 9.89 Å². The lowest BCUT2D eigenvalue weighted by Gasteiger charge is -2.03. The minimum Gasteiger partial charge on any atom is -0.328 e. The molecule has 0 saturated heterocycles. The maximum absolute atomic E-state index is 12.3. The van der Waals surface area contributed by atoms with Gasteiger partial charge in [-0.15, -0.1) is 11.3 Å². The van der Waals surface area contributed by atoms with Gasteiger partial charge >= 0.3 is 0 Å². The van der Waals surface area contributed by atoms with E-state index in [1.54, 1.807) is 17.5 Å². The smallest absolute Gasteiger partial charge is 0.257 e. The number of rotatable bonds is 5. The molecule has 0 spiro atoms. The van der Waals surface area contributed by atoms with E-state index in [9.17, 15) is 4.79 Å². The van der Waals surface area contributed by atoms with E-state index in [4.69, 9.17) is 11.6 Å². The molecule has 4 nitrogen and oxygen atoms in total. The summed E-state index contributed by atoms with van der Waals surface area (Å²) in [6.07, 6.45) is 3.44. The number of pyridine rings is 1. The highest BCUT2D eigenvalue weighted by Gasteiger charge is 2.10. The van der Waals surface area contributed by atoms with Crippen molar-refractivity contribution in [3.05, 3.63) is 86.1 Å². The van der Waals surface area contributed by atoms with E-state index in [1.807, 2.05) is 54.6 Å². The Bertz CT molecular complexity index is 1080. The number of nitrogens with zero attached hydrogens (tertiary/aromatic N) is 1. The number of hydrogen-bond acceptors (Lipinski definition) is 3. The summed E-state index contributed by atoms with van der Waals surface area (Å²) in [5, 5.41) is 7.37. The topological polar surface area (TPSA) is 61.5 Å². The van der Waals surface area contributed by atoms with Crippen molar-refractivity contribution in [1.29, 1.82) is 0 Å². The van der Waals surface area contributed by atoms with Crippen LogP contribution in [-0.4, -0.2) is 15.2 Å². The average molecular weight is 382 g/mol. The molecule has 6 heteroatoms. The first-order valence-electron chi connectivity index (χ1n) is 8.26. The van der Waals surface area contributed by atoms with Crippen molar-refractivity contribution in [2.75, 3.05) is 0 Å². The summed E-state index contributed by atoms with van der Waals surface area (Å²) in [6.45, 7) is 0. The van der Waals surface area contributed by atoms with Crippen molar-refractivity contribution in [2.45, 2.75) is 12.8 Å². The average Bonchev–Trinajstić information content (AvgIpc) is 3.30. The van der Waals surface area contributed by atoms with Gasteiger partial charge in [-0.2, -0.15) is 5.10 Å². The Hall–Kier alpha value is -2.63. The maximum Gasteiger partial charge on any atom is 0.257 e. The maximum atomic E-state index is 12.3. The molecule has 0 aliphatic heterocycles. The first kappa shape index (κ1) is 16.8. The third-order valence-electron chi connectivity index (χ3n) is 4.19. The molecular formula is C20H16ClN3OS. The van der Waals surface area contributed by atoms with E-state index in [0.717, 1.165) is 34.0 Å². The number of benzene rings is 1. The van der Waals surface area contributed by atoms with Gasteiger partial charge in [0.05, 0.1) is 15.6 Å². The Labute approximate surface area is 159 Å². The second kappa shape index (κ2) is 7.32. The fraction of sp³-hybridized carbons (Fsp3) is 0.100. The minimum atomic E-state index is -0.146. The van der Waals surface area contributed by atoms with Crippen LogP contribution in [0.5, 0.6) is 0 Å². The lowest BCUT2D eigenvalue weighted by Crippen LogP contribution is -2.08. The van der Waals surface area contributed by atoms with Crippen molar-refractivity contribution >= 4 is 22.9 Å². The lowest BCUT2D eigenvalue weighted by atomic mass is 10.0. The van der Waals surface area contributed by atoms with Gasteiger partial charge in [-0.1, -0.05) is 41.9 Å². The Morgan fingerprint density at radius 3 is 2.62 bits per heavy atom. The van der Waals surface area contributed by atoms with Crippen molar-refractivity contribution in [3.8, 4) is 22.4 Å². The van der Waals surface area contributed by atoms with Gasteiger partial charge in [0.15, 0.2) is 0 Å². The van der Waals surface area contributed by atoms with Gasteiger partial charge in [-0.05, 0) is 48.2 Å². The fourth-order valence-electron chi connectivity index (χ4n) is 2.84. The Morgan fingerprint density at radius 1 is 1.00 bits per heavy atom. The largest absolute Gasteiger partial charge is 0.328 e. The van der Waals surface area contributed by atoms with Gasteiger partial charge in [0.1, 0.15) is 0 Å². The summed E-state index contributed by atoms with van der Waals surface area (Å²) in [4.78, 5) is 16.3. The molecule has 2 N–H and O–H groups in total. The number of aromatic nitrogens is 3. The number of nitrogens with one attached hydrogen (secondary N) is 2. The molecule has 3 heterocycles. The molecule has 0 unspecified atom stereocenters. The van der Waals surface area contributed by atoms with Crippen molar-refractivity contribution < 1.29 is 0 Å². The predicted molar refractivity (Wildman–Crippen MR) is 107 cm³/mol. The zero-order valence-corrected chi connectivity index (χ0v) is 15.4. The summed E-state index contributed by atoms with van der Waals surface area (Å²) < 4.78 is 0.801. The van der Waals surface area contributed by atoms with Gasteiger partial charge in [0, 0.05) is 16.8 Å². The van der Waals surface area contributed by atoms with Gasteiger partial charge < -0.3 is 4.98 Å². The number of hydrogen-bond donors (Lipinski definition) is 2. The molecule has 0 atom stereocenters. The van der Waals surface area contributed by atoms with Crippen molar-refractivity contribution in [1.82, 2.24) is 15.2 Å². The quantitative estimate of drug-likeness (QED) is 0.514. The van der Waals surface area contributed by atoms with E-state index in [0.29, 0.717) is 11.3 Å². The molecule has 26 heavy (non-hydrogen) atoms. The standard InChI is InChI=1S/C20H16ClN3OS/c21-19-9-8-16(26-19)7-6-15-11-18(24-23-15)17-10-14(12-22-20(17)25)13-4-2-1-3-5-13/h1-5,8-12H,6-7H2,(H,22,25)(H,23,24). The van der Waals surface area contributed by atoms with E-state index < -0.39 is 0 Å². The normalized spacial score (nSPS) is 11.0. The summed E-state index contributed by atoms with van der Waals surface area (Å²) in [6, 6.07) is 17.7. The number of halogens is 1. The summed E-state index contributed by atoms with van der Waals surface area (Å²) in [5.41, 5.74) is 4.08. The van der Waals surface area contributed by atoms with Crippen LogP contribution in [0.15, 0.2) is 65.6 Å². The minimum absolute atomic E-state index is 0.146. The number of aryl methyl sites for hydroxylation is 2. The van der Waals surface area contributed by atoms with Crippen LogP contribution >= 0.6 is 22.9 Å². The van der Waals surface area contributed by atoms with E-state index in [-0.39, 0.29) is 5.56 Å². The second-order valence-corrected chi connectivity index (χ2v) is 7.78. The molecule has 3 aromatic heterocycles. The molecule has 4 rings (SSSR count). The zero-order chi connectivity index (χ0) is 17.9. The molecule has 130 valence electrons. The Kier molecular flexibility index (Phi) is 4.73. The van der Waals surface area contributed by atoms with Crippen LogP contribution in [0.1, 0.15) is 10.6 Å². The lowest BCUT2D eigenvalue weighted by molar-refractivity contribution is 0.904. The molecule has 0 amide bonds. The monoisotopic (exact) mass is 381 g/mol. The number of aromatic amines is 2. The van der Waals surface area contributed by atoms with Crippen LogP contribution < -0.4 is 5.56 Å². The van der Waals surface area contributed by atoms with Crippen LogP contribution in [0.2, 0.25) is 4.34 Å². The fourth-order valence-corrected chi connectivity index (χ4v) is 3.93. The molecule has 4 aromatic rings. The molecular weight excluding hydrogens is 366 g/mol. The zero-order valence-electron chi connectivity index (χ0n) is 13.8. The third kappa shape index (κ3) is 3.64. The van der Waals surface area contributed by atoms with Crippen molar-refractivity contribution in [3.63, 3.8) is 0 Å². The SMILES string of the molecule is O=c1[nH]cc(-c2ccccc2)cc1-c1cc(CCc2ccc(Cl)s2)[nH]n1. The van der Waals surface area contributed by atoms with Gasteiger partial charge in [0.2, 0.25) is 0 Å². The molecule has 0 bridgehead atoms. The second-order valence-electron chi connectivity index (χ2n) is 5.98. The molecule has 0 radical (unpaired) electrons. The van der Waals surface area contributed by atoms with E-state index in [1.165, 1.54) is 4.88 Å². The Balaban J connectivity index is 1.58. The highest BCUT2D eigenvalue weighted by atomic mass is 35.5. The predicted octanol–water partition coefficient (Wildman–Crippen LogP) is 4.93. The number of thiophene rings is 1. The summed E-state index contributed by atoms with van der Waals surface area (Å²) in [7, 11) is 0. The van der Waals surface area contributed by atoms with Gasteiger partial charge in [0.25, 0.3) is 5.56 Å². The van der Waals surface area contributed by atoms with Crippen LogP contribution in [0, 0.1) is 0 Å². The van der Waals surface area contributed by atoms with Crippen LogP contribution in [-0.2, 0) is 12.8 Å².